The smallest absolute Gasteiger partial charge is 0.251 e. The molecule has 2 aromatic carbocycles. The number of carbonyl (C=O) groups is 1. The van der Waals surface area contributed by atoms with Crippen LogP contribution in [0, 0.1) is 5.82 Å². The minimum Gasteiger partial charge on any atom is -0.494 e. The van der Waals surface area contributed by atoms with Crippen LogP contribution in [0.1, 0.15) is 42.2 Å². The molecule has 0 aliphatic rings. The summed E-state index contributed by atoms with van der Waals surface area (Å²) < 4.78 is 18.4. The number of hydrogen-bond acceptors (Lipinski definition) is 2. The summed E-state index contributed by atoms with van der Waals surface area (Å²) in [5.74, 6) is 0.214. The molecule has 4 heteroatoms. The van der Waals surface area contributed by atoms with Crippen LogP contribution < -0.4 is 10.1 Å². The summed E-state index contributed by atoms with van der Waals surface area (Å²) in [6.45, 7) is 4.51. The van der Waals surface area contributed by atoms with E-state index in [9.17, 15) is 9.18 Å². The van der Waals surface area contributed by atoms with Gasteiger partial charge in [-0.1, -0.05) is 25.1 Å². The van der Waals surface area contributed by atoms with E-state index in [-0.39, 0.29) is 17.8 Å². The second-order valence-electron chi connectivity index (χ2n) is 5.12. The van der Waals surface area contributed by atoms with Crippen molar-refractivity contribution in [3.8, 4) is 5.75 Å². The number of carbonyl (C=O) groups excluding carboxylic acids is 1. The van der Waals surface area contributed by atoms with E-state index >= 15 is 0 Å². The fourth-order valence-corrected chi connectivity index (χ4v) is 2.06. The molecule has 0 aliphatic carbocycles. The first-order valence-corrected chi connectivity index (χ1v) is 7.39. The van der Waals surface area contributed by atoms with E-state index in [0.717, 1.165) is 12.0 Å². The van der Waals surface area contributed by atoms with Gasteiger partial charge in [0.15, 0.2) is 0 Å². The normalized spacial score (nSPS) is 11.8. The molecule has 0 spiro atoms. The Morgan fingerprint density at radius 3 is 2.64 bits per heavy atom. The molecule has 1 amide bonds. The van der Waals surface area contributed by atoms with Gasteiger partial charge in [-0.3, -0.25) is 4.79 Å². The van der Waals surface area contributed by atoms with Crippen LogP contribution in [0.4, 0.5) is 4.39 Å². The van der Waals surface area contributed by atoms with Gasteiger partial charge < -0.3 is 10.1 Å². The second kappa shape index (κ2) is 7.59. The van der Waals surface area contributed by atoms with Crippen LogP contribution in [0.25, 0.3) is 0 Å². The summed E-state index contributed by atoms with van der Waals surface area (Å²) in [5, 5.41) is 2.90. The van der Waals surface area contributed by atoms with E-state index in [2.05, 4.69) is 5.32 Å². The third-order valence-electron chi connectivity index (χ3n) is 3.29. The number of benzene rings is 2. The Kier molecular flexibility index (Phi) is 5.53. The molecule has 1 N–H and O–H groups in total. The van der Waals surface area contributed by atoms with Crippen molar-refractivity contribution in [1.29, 1.82) is 0 Å². The predicted molar refractivity (Wildman–Crippen MR) is 84.5 cm³/mol. The molecule has 0 aromatic heterocycles. The molecule has 0 aliphatic heterocycles. The zero-order chi connectivity index (χ0) is 15.9. The molecule has 2 aromatic rings. The molecule has 2 rings (SSSR count). The molecule has 1 atom stereocenters. The number of nitrogens with one attached hydrogen (secondary N) is 1. The van der Waals surface area contributed by atoms with Gasteiger partial charge in [-0.05, 0) is 49.2 Å². The van der Waals surface area contributed by atoms with Crippen LogP contribution in [-0.4, -0.2) is 12.5 Å². The summed E-state index contributed by atoms with van der Waals surface area (Å²) in [6.07, 6.45) is 0.915. The van der Waals surface area contributed by atoms with E-state index in [0.29, 0.717) is 17.9 Å². The van der Waals surface area contributed by atoms with E-state index in [1.54, 1.807) is 30.3 Å². The summed E-state index contributed by atoms with van der Waals surface area (Å²) >= 11 is 0. The lowest BCUT2D eigenvalue weighted by Gasteiger charge is -2.15. The summed E-state index contributed by atoms with van der Waals surface area (Å²) in [4.78, 5) is 12.3. The van der Waals surface area contributed by atoms with Crippen molar-refractivity contribution in [3.63, 3.8) is 0 Å². The Bertz CT molecular complexity index is 625. The molecule has 0 saturated heterocycles. The van der Waals surface area contributed by atoms with Crippen LogP contribution in [0.3, 0.4) is 0 Å². The van der Waals surface area contributed by atoms with Crippen molar-refractivity contribution < 1.29 is 13.9 Å². The predicted octanol–water partition coefficient (Wildman–Crippen LogP) is 4.11. The zero-order valence-corrected chi connectivity index (χ0v) is 12.8. The largest absolute Gasteiger partial charge is 0.494 e. The minimum absolute atomic E-state index is 0.182. The van der Waals surface area contributed by atoms with Crippen molar-refractivity contribution in [3.05, 3.63) is 65.5 Å². The third kappa shape index (κ3) is 4.32. The fraction of sp³-hybridized carbons (Fsp3) is 0.278. The minimum atomic E-state index is -0.289. The highest BCUT2D eigenvalue weighted by atomic mass is 19.1. The van der Waals surface area contributed by atoms with E-state index < -0.39 is 0 Å². The fourth-order valence-electron chi connectivity index (χ4n) is 2.06. The van der Waals surface area contributed by atoms with Crippen LogP contribution in [-0.2, 0) is 0 Å². The van der Waals surface area contributed by atoms with Crippen molar-refractivity contribution in [1.82, 2.24) is 5.32 Å². The lowest BCUT2D eigenvalue weighted by atomic mass is 10.1. The third-order valence-corrected chi connectivity index (χ3v) is 3.29. The molecular formula is C18H20FNO2. The maximum Gasteiger partial charge on any atom is 0.251 e. The molecule has 0 heterocycles. The zero-order valence-electron chi connectivity index (χ0n) is 12.8. The molecule has 3 nitrogen and oxygen atoms in total. The van der Waals surface area contributed by atoms with Gasteiger partial charge in [0.1, 0.15) is 11.6 Å². The van der Waals surface area contributed by atoms with Gasteiger partial charge in [0.05, 0.1) is 12.6 Å². The van der Waals surface area contributed by atoms with Gasteiger partial charge in [-0.15, -0.1) is 0 Å². The average molecular weight is 301 g/mol. The SMILES string of the molecule is CCCOc1cccc(C(=O)NC(C)c2ccc(F)cc2)c1. The molecule has 1 unspecified atom stereocenters. The van der Waals surface area contributed by atoms with Crippen LogP contribution in [0.2, 0.25) is 0 Å². The molecule has 0 saturated carbocycles. The molecule has 22 heavy (non-hydrogen) atoms. The highest BCUT2D eigenvalue weighted by Gasteiger charge is 2.12. The van der Waals surface area contributed by atoms with Crippen LogP contribution in [0.5, 0.6) is 5.75 Å². The number of ether oxygens (including phenoxy) is 1. The van der Waals surface area contributed by atoms with Gasteiger partial charge in [0, 0.05) is 5.56 Å². The molecule has 0 bridgehead atoms. The van der Waals surface area contributed by atoms with Gasteiger partial charge >= 0.3 is 0 Å². The Morgan fingerprint density at radius 1 is 1.23 bits per heavy atom. The first-order valence-electron chi connectivity index (χ1n) is 7.39. The Labute approximate surface area is 130 Å². The second-order valence-corrected chi connectivity index (χ2v) is 5.12. The van der Waals surface area contributed by atoms with E-state index in [1.165, 1.54) is 12.1 Å². The number of hydrogen-bond donors (Lipinski definition) is 1. The first kappa shape index (κ1) is 16.0. The average Bonchev–Trinajstić information content (AvgIpc) is 2.53. The van der Waals surface area contributed by atoms with E-state index in [1.807, 2.05) is 19.9 Å². The maximum absolute atomic E-state index is 12.9. The molecular weight excluding hydrogens is 281 g/mol. The van der Waals surface area contributed by atoms with Gasteiger partial charge in [0.25, 0.3) is 5.91 Å². The molecule has 0 radical (unpaired) electrons. The number of halogens is 1. The van der Waals surface area contributed by atoms with Crippen LogP contribution in [0.15, 0.2) is 48.5 Å². The highest BCUT2D eigenvalue weighted by Crippen LogP contribution is 2.16. The van der Waals surface area contributed by atoms with Gasteiger partial charge in [0.2, 0.25) is 0 Å². The lowest BCUT2D eigenvalue weighted by molar-refractivity contribution is 0.0939. The maximum atomic E-state index is 12.9. The highest BCUT2D eigenvalue weighted by molar-refractivity contribution is 5.94. The van der Waals surface area contributed by atoms with E-state index in [4.69, 9.17) is 4.74 Å². The summed E-state index contributed by atoms with van der Waals surface area (Å²) in [7, 11) is 0. The van der Waals surface area contributed by atoms with Crippen molar-refractivity contribution in [2.75, 3.05) is 6.61 Å². The number of amides is 1. The van der Waals surface area contributed by atoms with Gasteiger partial charge in [-0.2, -0.15) is 0 Å². The Balaban J connectivity index is 2.03. The van der Waals surface area contributed by atoms with Crippen LogP contribution >= 0.6 is 0 Å². The summed E-state index contributed by atoms with van der Waals surface area (Å²) in [5.41, 5.74) is 1.40. The lowest BCUT2D eigenvalue weighted by Crippen LogP contribution is -2.26. The Hall–Kier alpha value is -2.36. The summed E-state index contributed by atoms with van der Waals surface area (Å²) in [6, 6.07) is 13.0. The van der Waals surface area contributed by atoms with Crippen molar-refractivity contribution in [2.24, 2.45) is 0 Å². The first-order chi connectivity index (χ1) is 10.6. The topological polar surface area (TPSA) is 38.3 Å². The monoisotopic (exact) mass is 301 g/mol. The molecule has 116 valence electrons. The molecule has 0 fully saturated rings. The number of rotatable bonds is 6. The van der Waals surface area contributed by atoms with Crippen molar-refractivity contribution >= 4 is 5.91 Å². The quantitative estimate of drug-likeness (QED) is 0.872. The standard InChI is InChI=1S/C18H20FNO2/c1-3-11-22-17-6-4-5-15(12-17)18(21)20-13(2)14-7-9-16(19)10-8-14/h4-10,12-13H,3,11H2,1-2H3,(H,20,21). The van der Waals surface area contributed by atoms with Gasteiger partial charge in [-0.25, -0.2) is 4.39 Å². The Morgan fingerprint density at radius 2 is 1.95 bits per heavy atom. The van der Waals surface area contributed by atoms with Crippen molar-refractivity contribution in [2.45, 2.75) is 26.3 Å².